The first-order chi connectivity index (χ1) is 10.6. The molecule has 5 nitrogen and oxygen atoms in total. The number of hydrogen-bond acceptors (Lipinski definition) is 5. The fraction of sp³-hybridized carbons (Fsp3) is 0.647. The van der Waals surface area contributed by atoms with E-state index in [2.05, 4.69) is 24.1 Å². The van der Waals surface area contributed by atoms with Gasteiger partial charge >= 0.3 is 0 Å². The molecular formula is C17H30Cl2N2O3. The average molecular weight is 381 g/mol. The predicted octanol–water partition coefficient (Wildman–Crippen LogP) is 3.25. The van der Waals surface area contributed by atoms with Crippen LogP contribution in [0, 0.1) is 5.92 Å². The fourth-order valence-electron chi connectivity index (χ4n) is 3.17. The highest BCUT2D eigenvalue weighted by atomic mass is 35.5. The van der Waals surface area contributed by atoms with Crippen molar-refractivity contribution in [2.24, 2.45) is 5.92 Å². The quantitative estimate of drug-likeness (QED) is 0.792. The minimum Gasteiger partial charge on any atom is -0.502 e. The van der Waals surface area contributed by atoms with E-state index >= 15 is 0 Å². The number of nitrogens with zero attached hydrogens (tertiary/aromatic N) is 1. The molecule has 1 unspecified atom stereocenters. The van der Waals surface area contributed by atoms with Gasteiger partial charge in [-0.25, -0.2) is 0 Å². The topological polar surface area (TPSA) is 54.0 Å². The van der Waals surface area contributed by atoms with Crippen molar-refractivity contribution < 1.29 is 14.6 Å². The lowest BCUT2D eigenvalue weighted by Crippen LogP contribution is -2.46. The van der Waals surface area contributed by atoms with Crippen molar-refractivity contribution in [2.75, 3.05) is 40.4 Å². The molecule has 0 radical (unpaired) electrons. The Balaban J connectivity index is 0.00000264. The smallest absolute Gasteiger partial charge is 0.200 e. The maximum absolute atomic E-state index is 10.1. The van der Waals surface area contributed by atoms with Crippen LogP contribution in [-0.4, -0.2) is 50.4 Å². The van der Waals surface area contributed by atoms with Gasteiger partial charge in [0, 0.05) is 32.2 Å². The van der Waals surface area contributed by atoms with Crippen LogP contribution in [0.1, 0.15) is 31.9 Å². The predicted molar refractivity (Wildman–Crippen MR) is 102 cm³/mol. The lowest BCUT2D eigenvalue weighted by molar-refractivity contribution is 0.128. The van der Waals surface area contributed by atoms with Crippen LogP contribution in [0.5, 0.6) is 17.2 Å². The number of methoxy groups -OCH3 is 2. The van der Waals surface area contributed by atoms with Crippen LogP contribution in [-0.2, 0) is 0 Å². The molecule has 1 saturated heterocycles. The molecule has 1 aliphatic heterocycles. The van der Waals surface area contributed by atoms with Gasteiger partial charge in [-0.3, -0.25) is 4.90 Å². The molecule has 0 bridgehead atoms. The van der Waals surface area contributed by atoms with Crippen LogP contribution < -0.4 is 14.8 Å². The van der Waals surface area contributed by atoms with Gasteiger partial charge in [-0.15, -0.1) is 24.8 Å². The van der Waals surface area contributed by atoms with Gasteiger partial charge in [0.05, 0.1) is 14.2 Å². The highest BCUT2D eigenvalue weighted by Crippen LogP contribution is 2.42. The highest BCUT2D eigenvalue weighted by molar-refractivity contribution is 5.85. The number of benzene rings is 1. The molecule has 1 fully saturated rings. The zero-order chi connectivity index (χ0) is 16.1. The van der Waals surface area contributed by atoms with E-state index in [4.69, 9.17) is 9.47 Å². The van der Waals surface area contributed by atoms with Gasteiger partial charge in [0.2, 0.25) is 5.75 Å². The summed E-state index contributed by atoms with van der Waals surface area (Å²) in [4.78, 5) is 2.51. The van der Waals surface area contributed by atoms with Gasteiger partial charge in [-0.1, -0.05) is 20.3 Å². The van der Waals surface area contributed by atoms with Crippen molar-refractivity contribution in [3.05, 3.63) is 17.7 Å². The molecule has 140 valence electrons. The van der Waals surface area contributed by atoms with Crippen molar-refractivity contribution in [1.82, 2.24) is 10.2 Å². The summed E-state index contributed by atoms with van der Waals surface area (Å²) in [5.74, 6) is 1.52. The van der Waals surface area contributed by atoms with E-state index in [0.29, 0.717) is 23.5 Å². The third-order valence-electron chi connectivity index (χ3n) is 4.57. The Bertz CT molecular complexity index is 472. The molecule has 0 aliphatic carbocycles. The summed E-state index contributed by atoms with van der Waals surface area (Å²) in [5, 5.41) is 13.5. The molecule has 7 heteroatoms. The van der Waals surface area contributed by atoms with Crippen molar-refractivity contribution in [1.29, 1.82) is 0 Å². The molecule has 1 aliphatic rings. The van der Waals surface area contributed by atoms with Crippen LogP contribution in [0.4, 0.5) is 0 Å². The molecular weight excluding hydrogens is 351 g/mol. The number of phenols is 1. The maximum Gasteiger partial charge on any atom is 0.200 e. The summed E-state index contributed by atoms with van der Waals surface area (Å²) in [7, 11) is 3.14. The van der Waals surface area contributed by atoms with E-state index in [1.54, 1.807) is 14.2 Å². The molecule has 0 spiro atoms. The van der Waals surface area contributed by atoms with Crippen LogP contribution in [0.2, 0.25) is 0 Å². The number of aromatic hydroxyl groups is 1. The summed E-state index contributed by atoms with van der Waals surface area (Å²) in [6.45, 7) is 8.58. The summed E-state index contributed by atoms with van der Waals surface area (Å²) in [6.07, 6.45) is 1.10. The second-order valence-corrected chi connectivity index (χ2v) is 5.89. The average Bonchev–Trinajstić information content (AvgIpc) is 2.56. The van der Waals surface area contributed by atoms with Gasteiger partial charge in [0.25, 0.3) is 0 Å². The van der Waals surface area contributed by atoms with Crippen molar-refractivity contribution >= 4 is 24.8 Å². The molecule has 0 aromatic heterocycles. The van der Waals surface area contributed by atoms with E-state index < -0.39 is 0 Å². The van der Waals surface area contributed by atoms with Crippen molar-refractivity contribution in [3.63, 3.8) is 0 Å². The van der Waals surface area contributed by atoms with Gasteiger partial charge in [-0.2, -0.15) is 0 Å². The molecule has 0 saturated carbocycles. The van der Waals surface area contributed by atoms with Crippen LogP contribution in [0.25, 0.3) is 0 Å². The van der Waals surface area contributed by atoms with Gasteiger partial charge < -0.3 is 19.9 Å². The molecule has 0 amide bonds. The Hall–Kier alpha value is -0.880. The Morgan fingerprint density at radius 2 is 1.62 bits per heavy atom. The minimum absolute atomic E-state index is 0. The van der Waals surface area contributed by atoms with Crippen molar-refractivity contribution in [2.45, 2.75) is 26.3 Å². The standard InChI is InChI=1S/C17H28N2O3.2ClH/c1-5-12(2)16(19-8-6-18-7-9-19)13-10-14(21-3)17(20)15(11-13)22-4;;/h10-12,16,18,20H,5-9H2,1-4H3;2*1H/t12?,16-;;/m0../s1. The number of ether oxygens (including phenoxy) is 2. The number of phenolic OH excluding ortho intramolecular Hbond substituents is 1. The van der Waals surface area contributed by atoms with E-state index in [0.717, 1.165) is 38.2 Å². The summed E-state index contributed by atoms with van der Waals surface area (Å²) in [5.41, 5.74) is 1.14. The van der Waals surface area contributed by atoms with Crippen LogP contribution in [0.15, 0.2) is 12.1 Å². The first-order valence-electron chi connectivity index (χ1n) is 8.02. The second-order valence-electron chi connectivity index (χ2n) is 5.89. The molecule has 24 heavy (non-hydrogen) atoms. The maximum atomic E-state index is 10.1. The molecule has 1 aromatic rings. The Labute approximate surface area is 157 Å². The molecule has 2 N–H and O–H groups in total. The third kappa shape index (κ3) is 5.06. The first kappa shape index (κ1) is 23.1. The zero-order valence-corrected chi connectivity index (χ0v) is 16.5. The number of nitrogens with one attached hydrogen (secondary N) is 1. The Morgan fingerprint density at radius 1 is 1.12 bits per heavy atom. The highest BCUT2D eigenvalue weighted by Gasteiger charge is 2.28. The van der Waals surface area contributed by atoms with Crippen molar-refractivity contribution in [3.8, 4) is 17.2 Å². The Morgan fingerprint density at radius 3 is 2.04 bits per heavy atom. The normalized spacial score (nSPS) is 17.2. The lowest BCUT2D eigenvalue weighted by atomic mass is 9.90. The monoisotopic (exact) mass is 380 g/mol. The lowest BCUT2D eigenvalue weighted by Gasteiger charge is -2.38. The third-order valence-corrected chi connectivity index (χ3v) is 4.57. The van der Waals surface area contributed by atoms with Crippen LogP contribution in [0.3, 0.4) is 0 Å². The summed E-state index contributed by atoms with van der Waals surface area (Å²) >= 11 is 0. The minimum atomic E-state index is 0. The second kappa shape index (κ2) is 10.9. The van der Waals surface area contributed by atoms with E-state index in [1.165, 1.54) is 0 Å². The molecule has 2 atom stereocenters. The SMILES string of the molecule is CCC(C)[C@@H](c1cc(OC)c(O)c(OC)c1)N1CCNCC1.Cl.Cl. The molecule has 2 rings (SSSR count). The number of piperazine rings is 1. The fourth-order valence-corrected chi connectivity index (χ4v) is 3.17. The summed E-state index contributed by atoms with van der Waals surface area (Å²) in [6, 6.07) is 4.18. The molecule has 1 aromatic carbocycles. The molecule has 1 heterocycles. The van der Waals surface area contributed by atoms with E-state index in [9.17, 15) is 5.11 Å². The van der Waals surface area contributed by atoms with Crippen LogP contribution >= 0.6 is 24.8 Å². The van der Waals surface area contributed by atoms with E-state index in [1.807, 2.05) is 12.1 Å². The van der Waals surface area contributed by atoms with Gasteiger partial charge in [0.15, 0.2) is 11.5 Å². The Kier molecular flexibility index (Phi) is 10.5. The van der Waals surface area contributed by atoms with E-state index in [-0.39, 0.29) is 30.6 Å². The summed E-state index contributed by atoms with van der Waals surface area (Å²) < 4.78 is 10.6. The number of rotatable bonds is 6. The largest absolute Gasteiger partial charge is 0.502 e. The zero-order valence-electron chi connectivity index (χ0n) is 14.9. The number of hydrogen-bond donors (Lipinski definition) is 2. The van der Waals surface area contributed by atoms with Gasteiger partial charge in [0.1, 0.15) is 0 Å². The first-order valence-corrected chi connectivity index (χ1v) is 8.02. The number of halogens is 2. The van der Waals surface area contributed by atoms with Gasteiger partial charge in [-0.05, 0) is 23.6 Å².